The zero-order valence-electron chi connectivity index (χ0n) is 10.9. The summed E-state index contributed by atoms with van der Waals surface area (Å²) in [6.07, 6.45) is 1.45. The summed E-state index contributed by atoms with van der Waals surface area (Å²) >= 11 is 5.74. The fourth-order valence-electron chi connectivity index (χ4n) is 1.70. The van der Waals surface area contributed by atoms with E-state index >= 15 is 0 Å². The van der Waals surface area contributed by atoms with Gasteiger partial charge in [-0.3, -0.25) is 4.79 Å². The van der Waals surface area contributed by atoms with Crippen LogP contribution in [0.5, 0.6) is 5.75 Å². The molecule has 0 saturated heterocycles. The first-order chi connectivity index (χ1) is 9.61. The minimum atomic E-state index is -0.374. The first kappa shape index (κ1) is 14.1. The molecule has 1 aromatic carbocycles. The summed E-state index contributed by atoms with van der Waals surface area (Å²) < 4.78 is 5.41. The van der Waals surface area contributed by atoms with Gasteiger partial charge < -0.3 is 15.8 Å². The Hall–Kier alpha value is -2.27. The molecular weight excluding hydrogens is 278 g/mol. The Morgan fingerprint density at radius 2 is 2.20 bits per heavy atom. The number of nitrogens with two attached hydrogens (primary N) is 1. The van der Waals surface area contributed by atoms with E-state index in [1.807, 2.05) is 6.92 Å². The number of pyridine rings is 1. The maximum atomic E-state index is 12.3. The smallest absolute Gasteiger partial charge is 0.262 e. The highest BCUT2D eigenvalue weighted by Gasteiger charge is 2.16. The van der Waals surface area contributed by atoms with Crippen LogP contribution in [0, 0.1) is 0 Å². The third-order valence-electron chi connectivity index (χ3n) is 2.55. The number of anilines is 2. The van der Waals surface area contributed by atoms with Crippen LogP contribution in [0.1, 0.15) is 17.3 Å². The SMILES string of the molecule is CCOc1cccc(N)c1C(=O)Nc1ccc(Cl)cn1. The van der Waals surface area contributed by atoms with E-state index in [9.17, 15) is 4.79 Å². The first-order valence-electron chi connectivity index (χ1n) is 6.06. The lowest BCUT2D eigenvalue weighted by Crippen LogP contribution is -2.16. The number of nitrogen functional groups attached to an aromatic ring is 1. The second-order valence-corrected chi connectivity index (χ2v) is 4.41. The van der Waals surface area contributed by atoms with Crippen molar-refractivity contribution >= 4 is 29.0 Å². The molecule has 6 heteroatoms. The van der Waals surface area contributed by atoms with Crippen LogP contribution in [0.2, 0.25) is 5.02 Å². The number of nitrogens with one attached hydrogen (secondary N) is 1. The molecule has 0 aliphatic rings. The maximum Gasteiger partial charge on any atom is 0.262 e. The van der Waals surface area contributed by atoms with Crippen molar-refractivity contribution in [1.82, 2.24) is 4.98 Å². The van der Waals surface area contributed by atoms with E-state index in [1.165, 1.54) is 6.20 Å². The maximum absolute atomic E-state index is 12.3. The van der Waals surface area contributed by atoms with E-state index in [0.29, 0.717) is 34.4 Å². The van der Waals surface area contributed by atoms with Gasteiger partial charge in [-0.15, -0.1) is 0 Å². The molecule has 0 atom stereocenters. The molecule has 0 aliphatic carbocycles. The highest BCUT2D eigenvalue weighted by molar-refractivity contribution is 6.30. The number of amides is 1. The number of hydrogen-bond acceptors (Lipinski definition) is 4. The third kappa shape index (κ3) is 3.19. The Labute approximate surface area is 121 Å². The van der Waals surface area contributed by atoms with Gasteiger partial charge in [-0.25, -0.2) is 4.98 Å². The van der Waals surface area contributed by atoms with Crippen LogP contribution < -0.4 is 15.8 Å². The van der Waals surface area contributed by atoms with E-state index in [-0.39, 0.29) is 5.91 Å². The molecule has 0 spiro atoms. The monoisotopic (exact) mass is 291 g/mol. The summed E-state index contributed by atoms with van der Waals surface area (Å²) in [6.45, 7) is 2.29. The predicted octanol–water partition coefficient (Wildman–Crippen LogP) is 2.97. The van der Waals surface area contributed by atoms with E-state index in [1.54, 1.807) is 30.3 Å². The van der Waals surface area contributed by atoms with Gasteiger partial charge in [-0.1, -0.05) is 17.7 Å². The van der Waals surface area contributed by atoms with Crippen LogP contribution in [0.4, 0.5) is 11.5 Å². The zero-order valence-corrected chi connectivity index (χ0v) is 11.6. The molecule has 104 valence electrons. The van der Waals surface area contributed by atoms with Gasteiger partial charge >= 0.3 is 0 Å². The second kappa shape index (κ2) is 6.25. The van der Waals surface area contributed by atoms with Gasteiger partial charge in [-0.05, 0) is 31.2 Å². The van der Waals surface area contributed by atoms with Crippen molar-refractivity contribution in [2.75, 3.05) is 17.7 Å². The van der Waals surface area contributed by atoms with E-state index in [4.69, 9.17) is 22.1 Å². The van der Waals surface area contributed by atoms with Crippen molar-refractivity contribution in [1.29, 1.82) is 0 Å². The number of carbonyl (C=O) groups is 1. The molecule has 2 aromatic rings. The number of nitrogens with zero attached hydrogens (tertiary/aromatic N) is 1. The lowest BCUT2D eigenvalue weighted by Gasteiger charge is -2.12. The summed E-state index contributed by atoms with van der Waals surface area (Å²) in [4.78, 5) is 16.3. The van der Waals surface area contributed by atoms with Crippen LogP contribution in [0.3, 0.4) is 0 Å². The fourth-order valence-corrected chi connectivity index (χ4v) is 1.81. The minimum absolute atomic E-state index is 0.297. The molecule has 1 heterocycles. The van der Waals surface area contributed by atoms with Gasteiger partial charge in [-0.2, -0.15) is 0 Å². The molecule has 0 unspecified atom stereocenters. The van der Waals surface area contributed by atoms with Gasteiger partial charge in [0.05, 0.1) is 11.6 Å². The van der Waals surface area contributed by atoms with Crippen molar-refractivity contribution in [3.8, 4) is 5.75 Å². The first-order valence-corrected chi connectivity index (χ1v) is 6.43. The molecule has 20 heavy (non-hydrogen) atoms. The van der Waals surface area contributed by atoms with Gasteiger partial charge in [0.15, 0.2) is 0 Å². The van der Waals surface area contributed by atoms with Crippen molar-refractivity contribution in [3.05, 3.63) is 47.1 Å². The average Bonchev–Trinajstić information content (AvgIpc) is 2.42. The summed E-state index contributed by atoms with van der Waals surface area (Å²) in [5, 5.41) is 3.15. The van der Waals surface area contributed by atoms with Crippen LogP contribution in [-0.2, 0) is 0 Å². The van der Waals surface area contributed by atoms with Gasteiger partial charge in [0.1, 0.15) is 17.1 Å². The van der Waals surface area contributed by atoms with E-state index in [0.717, 1.165) is 0 Å². The number of ether oxygens (including phenoxy) is 1. The molecule has 1 amide bonds. The number of carbonyl (C=O) groups excluding carboxylic acids is 1. The molecule has 3 N–H and O–H groups in total. The Morgan fingerprint density at radius 1 is 1.40 bits per heavy atom. The number of benzene rings is 1. The Morgan fingerprint density at radius 3 is 2.85 bits per heavy atom. The summed E-state index contributed by atoms with van der Waals surface area (Å²) in [5.74, 6) is 0.463. The Balaban J connectivity index is 2.26. The molecule has 1 aromatic heterocycles. The summed E-state index contributed by atoms with van der Waals surface area (Å²) in [5.41, 5.74) is 6.49. The molecule has 0 bridgehead atoms. The van der Waals surface area contributed by atoms with Crippen molar-refractivity contribution in [2.45, 2.75) is 6.92 Å². The van der Waals surface area contributed by atoms with Gasteiger partial charge in [0, 0.05) is 11.9 Å². The van der Waals surface area contributed by atoms with Crippen molar-refractivity contribution in [2.24, 2.45) is 0 Å². The van der Waals surface area contributed by atoms with E-state index < -0.39 is 0 Å². The lowest BCUT2D eigenvalue weighted by molar-refractivity contribution is 0.102. The molecule has 0 fully saturated rings. The summed E-state index contributed by atoms with van der Waals surface area (Å²) in [6, 6.07) is 8.33. The van der Waals surface area contributed by atoms with Crippen molar-refractivity contribution < 1.29 is 9.53 Å². The second-order valence-electron chi connectivity index (χ2n) is 3.97. The van der Waals surface area contributed by atoms with Crippen LogP contribution in [0.25, 0.3) is 0 Å². The molecule has 0 aliphatic heterocycles. The lowest BCUT2D eigenvalue weighted by atomic mass is 10.1. The number of rotatable bonds is 4. The Bertz CT molecular complexity index is 614. The largest absolute Gasteiger partial charge is 0.493 e. The van der Waals surface area contributed by atoms with E-state index in [2.05, 4.69) is 10.3 Å². The van der Waals surface area contributed by atoms with Crippen molar-refractivity contribution in [3.63, 3.8) is 0 Å². The molecular formula is C14H14ClN3O2. The standard InChI is InChI=1S/C14H14ClN3O2/c1-2-20-11-5-3-4-10(16)13(11)14(19)18-12-7-6-9(15)8-17-12/h3-8H,2,16H2,1H3,(H,17,18,19). The average molecular weight is 292 g/mol. The van der Waals surface area contributed by atoms with Crippen LogP contribution >= 0.6 is 11.6 Å². The molecule has 0 radical (unpaired) electrons. The number of hydrogen-bond donors (Lipinski definition) is 2. The number of aromatic nitrogens is 1. The number of halogens is 1. The topological polar surface area (TPSA) is 77.2 Å². The fraction of sp³-hybridized carbons (Fsp3) is 0.143. The highest BCUT2D eigenvalue weighted by Crippen LogP contribution is 2.25. The third-order valence-corrected chi connectivity index (χ3v) is 2.78. The van der Waals surface area contributed by atoms with Crippen LogP contribution in [-0.4, -0.2) is 17.5 Å². The predicted molar refractivity (Wildman–Crippen MR) is 79.2 cm³/mol. The Kier molecular flexibility index (Phi) is 4.42. The normalized spacial score (nSPS) is 10.1. The highest BCUT2D eigenvalue weighted by atomic mass is 35.5. The summed E-state index contributed by atoms with van der Waals surface area (Å²) in [7, 11) is 0. The van der Waals surface area contributed by atoms with Gasteiger partial charge in [0.25, 0.3) is 5.91 Å². The molecule has 0 saturated carbocycles. The van der Waals surface area contributed by atoms with Gasteiger partial charge in [0.2, 0.25) is 0 Å². The zero-order chi connectivity index (χ0) is 14.5. The quantitative estimate of drug-likeness (QED) is 0.849. The van der Waals surface area contributed by atoms with Crippen LogP contribution in [0.15, 0.2) is 36.5 Å². The molecule has 5 nitrogen and oxygen atoms in total. The molecule has 2 rings (SSSR count). The minimum Gasteiger partial charge on any atom is -0.493 e.